The Kier molecular flexibility index (Phi) is 41.3. The number of aliphatic hydroxyl groups excluding tert-OH is 4. The summed E-state index contributed by atoms with van der Waals surface area (Å²) in [5.74, 6) is 5.51. The third-order valence-corrected chi connectivity index (χ3v) is 34.7. The molecule has 0 bridgehead atoms. The van der Waals surface area contributed by atoms with Crippen LogP contribution in [0.3, 0.4) is 0 Å². The molecule has 136 heavy (non-hydrogen) atoms. The van der Waals surface area contributed by atoms with Gasteiger partial charge in [0.1, 0.15) is 91.4 Å². The monoisotopic (exact) mass is 2190 g/mol. The quantitative estimate of drug-likeness (QED) is 0.0277. The van der Waals surface area contributed by atoms with Crippen LogP contribution in [0.1, 0.15) is 142 Å². The number of sulfonamides is 4. The van der Waals surface area contributed by atoms with E-state index < -0.39 is 85.5 Å². The molecule has 4 heterocycles. The Morgan fingerprint density at radius 1 is 0.228 bits per heavy atom. The first-order chi connectivity index (χ1) is 64.6. The normalized spacial score (nSPS) is 13.5. The molecule has 4 aromatic heterocycles. The average molecular weight is 2200 g/mol. The highest BCUT2D eigenvalue weighted by atomic mass is 79.9. The molecule has 28 nitrogen and oxygen atoms in total. The predicted molar refractivity (Wildman–Crippen MR) is 541 cm³/mol. The predicted octanol–water partition coefficient (Wildman–Crippen LogP) is 18.5. The van der Waals surface area contributed by atoms with E-state index in [0.29, 0.717) is 91.5 Å². The minimum atomic E-state index is -3.93. The summed E-state index contributed by atoms with van der Waals surface area (Å²) in [6, 6.07) is 71.5. The minimum absolute atomic E-state index is 0.141. The fourth-order valence-electron chi connectivity index (χ4n) is 13.9. The molecular formula is C100H116Br4N8O20S4. The molecule has 0 saturated heterocycles. The molecule has 36 heteroatoms. The highest BCUT2D eigenvalue weighted by Gasteiger charge is 2.40. The summed E-state index contributed by atoms with van der Waals surface area (Å²) in [5, 5.41) is 39.3. The van der Waals surface area contributed by atoms with E-state index in [0.717, 1.165) is 62.4 Å². The second kappa shape index (κ2) is 51.2. The van der Waals surface area contributed by atoms with Gasteiger partial charge in [0.2, 0.25) is 40.1 Å². The fourth-order valence-corrected chi connectivity index (χ4v) is 21.1. The number of aromatic nitrogens is 4. The highest BCUT2D eigenvalue weighted by molar-refractivity contribution is 9.11. The van der Waals surface area contributed by atoms with Crippen molar-refractivity contribution < 1.29 is 92.0 Å². The van der Waals surface area contributed by atoms with Crippen molar-refractivity contribution in [3.63, 3.8) is 0 Å². The van der Waals surface area contributed by atoms with Crippen LogP contribution < -0.4 is 37.9 Å². The summed E-state index contributed by atoms with van der Waals surface area (Å²) >= 11 is 13.5. The van der Waals surface area contributed by atoms with Gasteiger partial charge in [-0.05, 0) is 309 Å². The van der Waals surface area contributed by atoms with Gasteiger partial charge in [0.25, 0.3) is 0 Å². The Hall–Kier alpha value is -9.84. The maximum absolute atomic E-state index is 13.7. The van der Waals surface area contributed by atoms with Crippen LogP contribution in [0.25, 0.3) is 0 Å². The van der Waals surface area contributed by atoms with Crippen molar-refractivity contribution in [1.29, 1.82) is 0 Å². The fraction of sp³-hybridized carbons (Fsp3) is 0.320. The summed E-state index contributed by atoms with van der Waals surface area (Å²) in [6.07, 6.45) is -5.14. The number of aryl methyl sites for hydroxylation is 4. The minimum Gasteiger partial charge on any atom is -0.497 e. The first-order valence-electron chi connectivity index (χ1n) is 42.9. The second-order valence-electron chi connectivity index (χ2n) is 31.8. The number of hydrogen-bond acceptors (Lipinski definition) is 24. The molecule has 0 aliphatic carbocycles. The van der Waals surface area contributed by atoms with Gasteiger partial charge in [-0.3, -0.25) is 19.9 Å². The molecule has 0 unspecified atom stereocenters. The van der Waals surface area contributed by atoms with E-state index in [1.165, 1.54) is 44.9 Å². The zero-order valence-electron chi connectivity index (χ0n) is 78.4. The van der Waals surface area contributed by atoms with Crippen LogP contribution in [-0.4, -0.2) is 169 Å². The zero-order chi connectivity index (χ0) is 99.5. The number of benzene rings is 8. The summed E-state index contributed by atoms with van der Waals surface area (Å²) in [4.78, 5) is 17.5. The van der Waals surface area contributed by atoms with Crippen molar-refractivity contribution in [3.8, 4) is 46.0 Å². The summed E-state index contributed by atoms with van der Waals surface area (Å²) < 4.78 is 160. The van der Waals surface area contributed by atoms with Crippen LogP contribution in [-0.2, 0) is 92.5 Å². The number of nitrogens with zero attached hydrogens (tertiary/aromatic N) is 8. The lowest BCUT2D eigenvalue weighted by Gasteiger charge is -2.28. The van der Waals surface area contributed by atoms with Gasteiger partial charge in [0.15, 0.2) is 0 Å². The van der Waals surface area contributed by atoms with Crippen LogP contribution in [0, 0.1) is 27.7 Å². The Labute approximate surface area is 832 Å². The molecule has 0 aliphatic heterocycles. The van der Waals surface area contributed by atoms with Crippen molar-refractivity contribution in [3.05, 3.63) is 351 Å². The van der Waals surface area contributed by atoms with Gasteiger partial charge >= 0.3 is 0 Å². The molecule has 728 valence electrons. The number of pyridine rings is 4. The van der Waals surface area contributed by atoms with E-state index in [4.69, 9.17) is 37.9 Å². The first-order valence-corrected chi connectivity index (χ1v) is 52.0. The van der Waals surface area contributed by atoms with E-state index >= 15 is 0 Å². The number of ether oxygens (including phenoxy) is 8. The molecule has 0 amide bonds. The van der Waals surface area contributed by atoms with Crippen LogP contribution in [0.4, 0.5) is 0 Å². The SMILES string of the molecule is COc1ccc(CN(Cc2ccc(OC)cc2)S(=O)(=O)[C@@H](C)[C@@H](O)c2ccc(Br)c(C)n2)cc1.COc1ccc(CN(Cc2ccc(OC)cc2)S(=O)(=O)[C@@H](C)[C@H](O)c2ccc(Br)c(C)n2)cc1.COc1ccc(CN(Cc2ccc(OC)cc2)S(=O)(=O)[C@H](C)[C@@H](O)c2ccc(Br)c(C)n2)cc1.COc1ccc(CN(Cc2ccc(OC)cc2)S(=O)(=O)[C@H](C)[C@H](O)c2ccc(Br)c(C)n2)cc1. The molecule has 0 saturated carbocycles. The van der Waals surface area contributed by atoms with Crippen molar-refractivity contribution >= 4 is 104 Å². The number of methoxy groups -OCH3 is 8. The Morgan fingerprint density at radius 3 is 0.449 bits per heavy atom. The smallest absolute Gasteiger partial charge is 0.220 e. The third kappa shape index (κ3) is 30.1. The van der Waals surface area contributed by atoms with Gasteiger partial charge in [0, 0.05) is 70.2 Å². The first kappa shape index (κ1) is 110. The lowest BCUT2D eigenvalue weighted by molar-refractivity contribution is 0.167. The molecule has 8 atom stereocenters. The van der Waals surface area contributed by atoms with Crippen LogP contribution in [0.2, 0.25) is 0 Å². The van der Waals surface area contributed by atoms with E-state index in [-0.39, 0.29) is 52.4 Å². The lowest BCUT2D eigenvalue weighted by atomic mass is 10.1. The third-order valence-electron chi connectivity index (χ3n) is 22.6. The van der Waals surface area contributed by atoms with Crippen molar-refractivity contribution in [2.45, 2.75) is 153 Å². The molecule has 8 aromatic carbocycles. The van der Waals surface area contributed by atoms with Crippen LogP contribution >= 0.6 is 63.7 Å². The largest absolute Gasteiger partial charge is 0.497 e. The van der Waals surface area contributed by atoms with Gasteiger partial charge in [-0.2, -0.15) is 17.2 Å². The van der Waals surface area contributed by atoms with Gasteiger partial charge < -0.3 is 58.3 Å². The Balaban J connectivity index is 0.000000203. The molecule has 0 radical (unpaired) electrons. The average Bonchev–Trinajstić information content (AvgIpc) is 0.803. The van der Waals surface area contributed by atoms with Crippen molar-refractivity contribution in [1.82, 2.24) is 37.2 Å². The molecular weight excluding hydrogens is 2080 g/mol. The summed E-state index contributed by atoms with van der Waals surface area (Å²) in [5.41, 5.74) is 10.4. The summed E-state index contributed by atoms with van der Waals surface area (Å²) in [6.45, 7) is 14.3. The topological polar surface area (TPSA) is 356 Å². The van der Waals surface area contributed by atoms with E-state index in [2.05, 4.69) is 83.7 Å². The number of hydrogen-bond donors (Lipinski definition) is 4. The molecule has 4 N–H and O–H groups in total. The molecule has 0 spiro atoms. The maximum atomic E-state index is 13.7. The van der Waals surface area contributed by atoms with E-state index in [1.54, 1.807) is 230 Å². The van der Waals surface area contributed by atoms with E-state index in [1.807, 2.05) is 97.1 Å². The van der Waals surface area contributed by atoms with Crippen molar-refractivity contribution in [2.24, 2.45) is 0 Å². The summed E-state index contributed by atoms with van der Waals surface area (Å²) in [7, 11) is -3.08. The van der Waals surface area contributed by atoms with Crippen LogP contribution in [0.5, 0.6) is 46.0 Å². The molecule has 0 aliphatic rings. The number of rotatable bonds is 40. The van der Waals surface area contributed by atoms with Crippen LogP contribution in [0.15, 0.2) is 261 Å². The van der Waals surface area contributed by atoms with Crippen molar-refractivity contribution in [2.75, 3.05) is 56.9 Å². The standard InChI is InChI=1S/4C25H29BrN2O5S/c4*1-17-23(26)13-14-24(27-17)25(29)18(2)34(30,31)28(15-19-5-9-21(32-3)10-6-19)16-20-7-11-22(33-4)12-8-20/h4*5-14,18,25,29H,15-16H2,1-4H3/t2*18-,25+;2*18-,25-/m1010/s1. The Morgan fingerprint density at radius 2 is 0.346 bits per heavy atom. The van der Waals surface area contributed by atoms with Gasteiger partial charge in [-0.25, -0.2) is 33.7 Å². The highest BCUT2D eigenvalue weighted by Crippen LogP contribution is 2.36. The Bertz CT molecular complexity index is 5380. The maximum Gasteiger partial charge on any atom is 0.220 e. The van der Waals surface area contributed by atoms with Gasteiger partial charge in [0.05, 0.1) is 102 Å². The zero-order valence-corrected chi connectivity index (χ0v) is 88.0. The van der Waals surface area contributed by atoms with Gasteiger partial charge in [-0.15, -0.1) is 0 Å². The van der Waals surface area contributed by atoms with Gasteiger partial charge in [-0.1, -0.05) is 97.1 Å². The molecule has 12 rings (SSSR count). The number of halogens is 4. The second-order valence-corrected chi connectivity index (χ2v) is 44.4. The van der Waals surface area contributed by atoms with E-state index in [9.17, 15) is 54.1 Å². The molecule has 0 fully saturated rings. The molecule has 12 aromatic rings. The number of aliphatic hydroxyl groups is 4. The lowest BCUT2D eigenvalue weighted by Crippen LogP contribution is -2.39.